The number of benzene rings is 6. The molecule has 16 rings (SSSR count). The lowest BCUT2D eigenvalue weighted by molar-refractivity contribution is 0.0731. The van der Waals surface area contributed by atoms with Crippen LogP contribution in [0.15, 0.2) is 127 Å². The number of amides is 3. The topological polar surface area (TPSA) is 141 Å². The highest BCUT2D eigenvalue weighted by Gasteiger charge is 2.60. The Bertz CT molecular complexity index is 4820. The molecule has 0 radical (unpaired) electrons. The number of hydrogen-bond donors (Lipinski definition) is 3. The van der Waals surface area contributed by atoms with Crippen LogP contribution in [0.4, 0.5) is 4.39 Å². The van der Waals surface area contributed by atoms with E-state index in [1.54, 1.807) is 53.2 Å². The summed E-state index contributed by atoms with van der Waals surface area (Å²) in [5.74, 6) is 1.05. The third-order valence-electron chi connectivity index (χ3n) is 24.1. The van der Waals surface area contributed by atoms with Crippen LogP contribution in [0.3, 0.4) is 0 Å². The Labute approximate surface area is 684 Å². The number of rotatable bonds is 14. The highest BCUT2D eigenvalue weighted by atomic mass is 35.5. The maximum Gasteiger partial charge on any atom is 0.272 e. The quantitative estimate of drug-likeness (QED) is 0.0990. The van der Waals surface area contributed by atoms with Gasteiger partial charge in [0.05, 0.1) is 49.2 Å². The van der Waals surface area contributed by atoms with Crippen LogP contribution in [0.5, 0.6) is 0 Å². The fourth-order valence-corrected chi connectivity index (χ4v) is 20.1. The first-order valence-corrected chi connectivity index (χ1v) is 41.9. The van der Waals surface area contributed by atoms with E-state index in [9.17, 15) is 18.8 Å². The van der Waals surface area contributed by atoms with Gasteiger partial charge in [-0.15, -0.1) is 0 Å². The summed E-state index contributed by atoms with van der Waals surface area (Å²) in [5, 5.41) is 29.1. The van der Waals surface area contributed by atoms with Crippen LogP contribution in [-0.4, -0.2) is 65.2 Å². The summed E-state index contributed by atoms with van der Waals surface area (Å²) in [6.45, 7) is 11.2. The fraction of sp³-hybridized carbons (Fsp3) is 0.393. The van der Waals surface area contributed by atoms with Crippen LogP contribution in [0, 0.1) is 34.4 Å². The number of nitrogens with one attached hydrogen (secondary N) is 3. The van der Waals surface area contributed by atoms with Crippen molar-refractivity contribution in [2.45, 2.75) is 194 Å². The average Bonchev–Trinajstić information content (AvgIpc) is 1.56. The van der Waals surface area contributed by atoms with Crippen molar-refractivity contribution < 1.29 is 18.8 Å². The Morgan fingerprint density at radius 3 is 1.11 bits per heavy atom. The van der Waals surface area contributed by atoms with Gasteiger partial charge in [0.1, 0.15) is 5.82 Å². The van der Waals surface area contributed by atoms with Crippen LogP contribution in [0.1, 0.15) is 239 Å². The molecule has 3 aromatic heterocycles. The summed E-state index contributed by atoms with van der Waals surface area (Å²) >= 11 is 50.7. The number of nitrogens with zero attached hydrogens (tertiary/aromatic N) is 6. The van der Waals surface area contributed by atoms with Crippen molar-refractivity contribution in [3.05, 3.63) is 241 Å². The molecule has 5 atom stereocenters. The smallest absolute Gasteiger partial charge is 0.272 e. The van der Waals surface area contributed by atoms with Crippen molar-refractivity contribution in [1.82, 2.24) is 45.3 Å². The molecule has 0 spiro atoms. The molecule has 3 amide bonds. The van der Waals surface area contributed by atoms with Crippen molar-refractivity contribution >= 4 is 145 Å². The summed E-state index contributed by atoms with van der Waals surface area (Å²) in [5.41, 5.74) is 15.6. The van der Waals surface area contributed by atoms with E-state index in [4.69, 9.17) is 108 Å². The highest BCUT2D eigenvalue weighted by molar-refractivity contribution is 6.37. The summed E-state index contributed by atoms with van der Waals surface area (Å²) in [4.78, 5) is 41.1. The van der Waals surface area contributed by atoms with E-state index in [1.807, 2.05) is 82.2 Å². The SMILES string of the molecule is CC1(C)[C@@H]2CC[C@@](C)(C2)[C@H]1NC(=O)c1nn(-c2ccc(Cl)cc2Cl)c2c1CCC/C2=C\c1ccc(Cl)cc1.C[C@@H](NC(=O)c1nn(-c2ccc(Cl)cc2Cl)c2c1CCC/C2=C\c1ccc(Cl)cc1)C1CCCCC1.C[C@@H](NC(=O)c1nn(-c2ccc(Cl)cc2Cl)c2c1CCC/C2=C\c1ccc(F)cc1)C1CCCCC1. The molecule has 0 saturated heterocycles. The number of aromatic nitrogens is 6. The molecule has 6 aromatic carbocycles. The van der Waals surface area contributed by atoms with Crippen LogP contribution in [0.2, 0.25) is 40.2 Å². The fourth-order valence-electron chi connectivity index (χ4n) is 18.4. The zero-order valence-electron chi connectivity index (χ0n) is 62.7. The number of halogens is 9. The largest absolute Gasteiger partial charge is 0.348 e. The van der Waals surface area contributed by atoms with Crippen molar-refractivity contribution in [2.24, 2.45) is 28.6 Å². The van der Waals surface area contributed by atoms with Crippen molar-refractivity contribution in [3.63, 3.8) is 0 Å². The minimum absolute atomic E-state index is 0.0599. The Morgan fingerprint density at radius 2 is 0.773 bits per heavy atom. The molecular formula is C89H92Cl8FN9O3. The van der Waals surface area contributed by atoms with Crippen molar-refractivity contribution in [1.29, 1.82) is 0 Å². The Balaban J connectivity index is 0.000000138. The molecule has 21 heteroatoms. The van der Waals surface area contributed by atoms with Crippen LogP contribution in [-0.2, 0) is 19.3 Å². The zero-order valence-corrected chi connectivity index (χ0v) is 68.7. The molecular weight excluding hydrogens is 1550 g/mol. The maximum absolute atomic E-state index is 14.0. The van der Waals surface area contributed by atoms with E-state index >= 15 is 0 Å². The lowest BCUT2D eigenvalue weighted by atomic mass is 9.68. The second kappa shape index (κ2) is 34.3. The van der Waals surface area contributed by atoms with Gasteiger partial charge >= 0.3 is 0 Å². The number of fused-ring (bicyclic) bond motifs is 5. The minimum atomic E-state index is -0.273. The van der Waals surface area contributed by atoms with E-state index in [0.29, 0.717) is 92.1 Å². The molecule has 12 nitrogen and oxygen atoms in total. The van der Waals surface area contributed by atoms with E-state index < -0.39 is 0 Å². The number of carbonyl (C=O) groups excluding carboxylic acids is 3. The van der Waals surface area contributed by atoms with Gasteiger partial charge in [0.2, 0.25) is 0 Å². The predicted molar refractivity (Wildman–Crippen MR) is 450 cm³/mol. The normalized spacial score (nSPS) is 21.1. The molecule has 0 unspecified atom stereocenters. The molecule has 2 bridgehead atoms. The average molecular weight is 1640 g/mol. The van der Waals surface area contributed by atoms with Gasteiger partial charge in [-0.3, -0.25) is 14.4 Å². The third-order valence-corrected chi connectivity index (χ3v) is 26.3. The van der Waals surface area contributed by atoms with Gasteiger partial charge in [0.25, 0.3) is 17.7 Å². The first-order valence-electron chi connectivity index (χ1n) is 38.9. The van der Waals surface area contributed by atoms with Crippen LogP contribution in [0.25, 0.3) is 52.0 Å². The van der Waals surface area contributed by atoms with E-state index in [-0.39, 0.29) is 52.5 Å². The summed E-state index contributed by atoms with van der Waals surface area (Å²) < 4.78 is 18.9. The lowest BCUT2D eigenvalue weighted by Crippen LogP contribution is -2.52. The summed E-state index contributed by atoms with van der Waals surface area (Å²) in [6, 6.07) is 38.4. The third kappa shape index (κ3) is 17.3. The molecule has 3 heterocycles. The lowest BCUT2D eigenvalue weighted by Gasteiger charge is -2.43. The summed E-state index contributed by atoms with van der Waals surface area (Å²) in [7, 11) is 0. The van der Waals surface area contributed by atoms with Crippen LogP contribution >= 0.6 is 92.8 Å². The summed E-state index contributed by atoms with van der Waals surface area (Å²) in [6.07, 6.45) is 29.8. The molecule has 7 aliphatic rings. The minimum Gasteiger partial charge on any atom is -0.348 e. The standard InChI is InChI=1S/C31H32Cl3N3O.C29H30Cl3N3O.C29H30Cl2FN3O/c1-30(2)20-13-14-31(3,17-20)29(30)35-28(38)26-23-6-4-5-19(15-18-7-9-21(32)10-8-18)27(23)37(36-26)25-12-11-22(33)16-24(25)34;1-18(20-6-3-2-4-7-20)33-29(36)27-24-9-5-8-21(16-19-10-12-22(30)13-11-19)28(24)35(34-27)26-15-14-23(31)17-25(26)32;1-18(20-6-3-2-4-7-20)33-29(36)27-24-9-5-8-21(16-19-10-13-23(32)14-11-19)28(24)35(34-27)26-15-12-22(30)17-25(26)31/h7-12,15-16,20,29H,4-6,13-14,17H2,1-3H3,(H,35,38);2*10-18,20H,2-9H2,1H3,(H,33,36)/b19-15+;2*21-16+/t20-,29+,31+;2*18-/m111/s1. The van der Waals surface area contributed by atoms with Gasteiger partial charge in [-0.25, -0.2) is 18.4 Å². The molecule has 7 aliphatic carbocycles. The molecule has 4 saturated carbocycles. The molecule has 4 fully saturated rings. The number of hydrogen-bond acceptors (Lipinski definition) is 6. The van der Waals surface area contributed by atoms with Crippen molar-refractivity contribution in [2.75, 3.05) is 0 Å². The first kappa shape index (κ1) is 79.5. The predicted octanol–water partition coefficient (Wildman–Crippen LogP) is 25.0. The van der Waals surface area contributed by atoms with Crippen molar-refractivity contribution in [3.8, 4) is 17.1 Å². The van der Waals surface area contributed by atoms with Gasteiger partial charge in [-0.1, -0.05) is 189 Å². The van der Waals surface area contributed by atoms with E-state index in [1.165, 1.54) is 76.3 Å². The molecule has 574 valence electrons. The highest BCUT2D eigenvalue weighted by Crippen LogP contribution is 2.62. The molecule has 0 aliphatic heterocycles. The van der Waals surface area contributed by atoms with Gasteiger partial charge in [0, 0.05) is 59.9 Å². The Hall–Kier alpha value is -7.17. The van der Waals surface area contributed by atoms with E-state index in [0.717, 1.165) is 144 Å². The number of allylic oxidation sites excluding steroid dienone is 3. The first-order chi connectivity index (χ1) is 52.9. The van der Waals surface area contributed by atoms with Gasteiger partial charge < -0.3 is 16.0 Å². The Kier molecular flexibility index (Phi) is 24.8. The second-order valence-corrected chi connectivity index (χ2v) is 35.3. The van der Waals surface area contributed by atoms with E-state index in [2.05, 4.69) is 62.7 Å². The second-order valence-electron chi connectivity index (χ2n) is 31.9. The van der Waals surface area contributed by atoms with Crippen LogP contribution < -0.4 is 16.0 Å². The van der Waals surface area contributed by atoms with Gasteiger partial charge in [0.15, 0.2) is 17.1 Å². The molecule has 110 heavy (non-hydrogen) atoms. The molecule has 3 N–H and O–H groups in total. The zero-order chi connectivity index (χ0) is 77.3. The van der Waals surface area contributed by atoms with Gasteiger partial charge in [-0.05, 0) is 288 Å². The van der Waals surface area contributed by atoms with Gasteiger partial charge in [-0.2, -0.15) is 15.3 Å². The number of carbonyl (C=O) groups is 3. The Morgan fingerprint density at radius 1 is 0.436 bits per heavy atom. The molecule has 9 aromatic rings. The maximum atomic E-state index is 14.0. The monoisotopic (exact) mass is 1630 g/mol.